The van der Waals surface area contributed by atoms with Crippen LogP contribution in [0.1, 0.15) is 25.7 Å². The van der Waals surface area contributed by atoms with Crippen LogP contribution in [0.4, 0.5) is 17.3 Å². The number of anilines is 3. The number of hydrogen-bond donors (Lipinski definition) is 1. The Morgan fingerprint density at radius 1 is 0.838 bits per heavy atom. The highest BCUT2D eigenvalue weighted by Gasteiger charge is 2.27. The predicted octanol–water partition coefficient (Wildman–Crippen LogP) is 4.74. The molecule has 3 aliphatic rings. The van der Waals surface area contributed by atoms with Gasteiger partial charge in [0.1, 0.15) is 24.7 Å². The van der Waals surface area contributed by atoms with E-state index in [1.54, 1.807) is 6.20 Å². The van der Waals surface area contributed by atoms with Crippen molar-refractivity contribution in [2.24, 2.45) is 0 Å². The molecule has 0 spiro atoms. The number of likely N-dealkylation sites (tertiary alicyclic amines) is 1. The quantitative estimate of drug-likeness (QED) is 0.540. The Morgan fingerprint density at radius 3 is 2.54 bits per heavy atom. The van der Waals surface area contributed by atoms with E-state index in [1.165, 1.54) is 38.8 Å². The predicted molar refractivity (Wildman–Crippen MR) is 145 cm³/mol. The Hall–Kier alpha value is -3.36. The number of hydrogen-bond acceptors (Lipinski definition) is 8. The van der Waals surface area contributed by atoms with Gasteiger partial charge in [-0.05, 0) is 69.1 Å². The number of fused-ring (bicyclic) bond motifs is 7. The molecule has 0 saturated carbocycles. The fourth-order valence-electron chi connectivity index (χ4n) is 5.53. The van der Waals surface area contributed by atoms with Crippen LogP contribution < -0.4 is 19.7 Å². The van der Waals surface area contributed by atoms with Crippen molar-refractivity contribution in [3.63, 3.8) is 0 Å². The minimum atomic E-state index is 0.474. The van der Waals surface area contributed by atoms with Gasteiger partial charge in [0.2, 0.25) is 5.95 Å². The molecule has 0 radical (unpaired) electrons. The molecular weight excluding hydrogens is 466 g/mol. The molecular formula is C29H35N5O3. The van der Waals surface area contributed by atoms with E-state index in [-0.39, 0.29) is 0 Å². The molecule has 37 heavy (non-hydrogen) atoms. The first-order valence-corrected chi connectivity index (χ1v) is 13.5. The van der Waals surface area contributed by atoms with Crippen LogP contribution in [0, 0.1) is 0 Å². The molecule has 2 aromatic carbocycles. The van der Waals surface area contributed by atoms with Gasteiger partial charge in [-0.25, -0.2) is 9.97 Å². The summed E-state index contributed by atoms with van der Waals surface area (Å²) in [4.78, 5) is 14.3. The summed E-state index contributed by atoms with van der Waals surface area (Å²) in [5, 5.41) is 3.37. The molecule has 2 saturated heterocycles. The van der Waals surface area contributed by atoms with Crippen molar-refractivity contribution in [3.8, 4) is 22.8 Å². The SMILES string of the molecule is c1cc2cc(c1)-c1ccnc(n1)Nc1ccc(N3CCC(N4CCCC4)CC3)c(c1)OCCOCCO2. The number of piperidine rings is 1. The van der Waals surface area contributed by atoms with Crippen molar-refractivity contribution in [2.75, 3.05) is 62.8 Å². The van der Waals surface area contributed by atoms with Gasteiger partial charge in [0, 0.05) is 42.6 Å². The van der Waals surface area contributed by atoms with Crippen molar-refractivity contribution in [2.45, 2.75) is 31.7 Å². The number of nitrogens with zero attached hydrogens (tertiary/aromatic N) is 4. The monoisotopic (exact) mass is 501 g/mol. The molecule has 2 fully saturated rings. The number of benzene rings is 2. The molecule has 8 nitrogen and oxygen atoms in total. The Morgan fingerprint density at radius 2 is 1.68 bits per heavy atom. The normalized spacial score (nSPS) is 19.4. The summed E-state index contributed by atoms with van der Waals surface area (Å²) in [6, 6.07) is 16.9. The van der Waals surface area contributed by atoms with Gasteiger partial charge in [-0.2, -0.15) is 0 Å². The van der Waals surface area contributed by atoms with Crippen LogP contribution in [0.15, 0.2) is 54.7 Å². The second-order valence-electron chi connectivity index (χ2n) is 9.87. The van der Waals surface area contributed by atoms with E-state index >= 15 is 0 Å². The number of ether oxygens (including phenoxy) is 3. The lowest BCUT2D eigenvalue weighted by molar-refractivity contribution is 0.0765. The number of nitrogens with one attached hydrogen (secondary N) is 1. The zero-order valence-corrected chi connectivity index (χ0v) is 21.3. The summed E-state index contributed by atoms with van der Waals surface area (Å²) in [6.45, 7) is 6.57. The fraction of sp³-hybridized carbons (Fsp3) is 0.448. The van der Waals surface area contributed by atoms with Crippen LogP contribution >= 0.6 is 0 Å². The van der Waals surface area contributed by atoms with Crippen LogP contribution in [0.25, 0.3) is 11.3 Å². The van der Waals surface area contributed by atoms with Crippen LogP contribution in [-0.2, 0) is 4.74 Å². The van der Waals surface area contributed by atoms with E-state index in [2.05, 4.69) is 38.3 Å². The molecule has 3 aliphatic heterocycles. The zero-order valence-electron chi connectivity index (χ0n) is 21.3. The third kappa shape index (κ3) is 5.81. The third-order valence-corrected chi connectivity index (χ3v) is 7.45. The Bertz CT molecular complexity index is 1190. The standard InChI is InChI=1S/C29H35N5O3/c1-2-13-33(12-1)24-9-14-34(15-10-24)27-7-6-23-21-28(27)37-19-17-35-16-18-36-25-5-3-4-22(20-25)26-8-11-30-29(31-23)32-26/h3-8,11,20-21,24H,1-2,9-10,12-19H2,(H,30,31,32). The van der Waals surface area contributed by atoms with Crippen LogP contribution in [0.5, 0.6) is 11.5 Å². The maximum Gasteiger partial charge on any atom is 0.227 e. The van der Waals surface area contributed by atoms with Gasteiger partial charge in [0.25, 0.3) is 0 Å². The van der Waals surface area contributed by atoms with Crippen molar-refractivity contribution < 1.29 is 14.2 Å². The summed E-state index contributed by atoms with van der Waals surface area (Å²) < 4.78 is 18.0. The van der Waals surface area contributed by atoms with E-state index in [9.17, 15) is 0 Å². The highest BCUT2D eigenvalue weighted by Crippen LogP contribution is 2.35. The van der Waals surface area contributed by atoms with Crippen LogP contribution in [-0.4, -0.2) is 73.5 Å². The summed E-state index contributed by atoms with van der Waals surface area (Å²) in [7, 11) is 0. The van der Waals surface area contributed by atoms with Gasteiger partial charge in [-0.15, -0.1) is 0 Å². The maximum absolute atomic E-state index is 6.28. The number of rotatable bonds is 2. The van der Waals surface area contributed by atoms with E-state index in [0.29, 0.717) is 38.4 Å². The van der Waals surface area contributed by atoms with Gasteiger partial charge in [-0.1, -0.05) is 12.1 Å². The number of aromatic nitrogens is 2. The molecule has 0 aliphatic carbocycles. The molecule has 0 amide bonds. The van der Waals surface area contributed by atoms with Gasteiger partial charge in [-0.3, -0.25) is 0 Å². The molecule has 1 N–H and O–H groups in total. The molecule has 194 valence electrons. The topological polar surface area (TPSA) is 72.0 Å². The highest BCUT2D eigenvalue weighted by atomic mass is 16.5. The largest absolute Gasteiger partial charge is 0.491 e. The first kappa shape index (κ1) is 24.0. The Balaban J connectivity index is 1.23. The summed E-state index contributed by atoms with van der Waals surface area (Å²) in [6.07, 6.45) is 6.86. The summed E-state index contributed by atoms with van der Waals surface area (Å²) in [5.74, 6) is 2.19. The molecule has 0 atom stereocenters. The van der Waals surface area contributed by atoms with E-state index in [1.807, 2.05) is 30.3 Å². The van der Waals surface area contributed by atoms with Crippen LogP contribution in [0.3, 0.4) is 0 Å². The Kier molecular flexibility index (Phi) is 7.37. The maximum atomic E-state index is 6.28. The second kappa shape index (κ2) is 11.4. The highest BCUT2D eigenvalue weighted by molar-refractivity contribution is 5.68. The van der Waals surface area contributed by atoms with E-state index < -0.39 is 0 Å². The lowest BCUT2D eigenvalue weighted by Gasteiger charge is -2.38. The summed E-state index contributed by atoms with van der Waals surface area (Å²) >= 11 is 0. The second-order valence-corrected chi connectivity index (χ2v) is 9.87. The van der Waals surface area contributed by atoms with Crippen LogP contribution in [0.2, 0.25) is 0 Å². The van der Waals surface area contributed by atoms with Gasteiger partial charge < -0.3 is 29.3 Å². The first-order valence-electron chi connectivity index (χ1n) is 13.5. The minimum absolute atomic E-state index is 0.474. The average molecular weight is 502 g/mol. The lowest BCUT2D eigenvalue weighted by Crippen LogP contribution is -2.44. The fourth-order valence-corrected chi connectivity index (χ4v) is 5.53. The van der Waals surface area contributed by atoms with Gasteiger partial charge in [0.05, 0.1) is 24.6 Å². The molecule has 8 heteroatoms. The summed E-state index contributed by atoms with van der Waals surface area (Å²) in [5.41, 5.74) is 3.84. The Labute approximate surface area is 218 Å². The lowest BCUT2D eigenvalue weighted by atomic mass is 10.0. The van der Waals surface area contributed by atoms with Gasteiger partial charge >= 0.3 is 0 Å². The van der Waals surface area contributed by atoms with Crippen molar-refractivity contribution >= 4 is 17.3 Å². The van der Waals surface area contributed by atoms with Crippen molar-refractivity contribution in [1.29, 1.82) is 0 Å². The minimum Gasteiger partial charge on any atom is -0.491 e. The average Bonchev–Trinajstić information content (AvgIpc) is 3.48. The molecule has 1 aromatic heterocycles. The molecule has 3 aromatic rings. The molecule has 0 unspecified atom stereocenters. The smallest absolute Gasteiger partial charge is 0.227 e. The van der Waals surface area contributed by atoms with Crippen molar-refractivity contribution in [1.82, 2.24) is 14.9 Å². The third-order valence-electron chi connectivity index (χ3n) is 7.45. The first-order chi connectivity index (χ1) is 18.3. The van der Waals surface area contributed by atoms with E-state index in [0.717, 1.165) is 47.2 Å². The van der Waals surface area contributed by atoms with Crippen molar-refractivity contribution in [3.05, 3.63) is 54.7 Å². The molecule has 4 heterocycles. The molecule has 6 bridgehead atoms. The van der Waals surface area contributed by atoms with Gasteiger partial charge in [0.15, 0.2) is 0 Å². The zero-order chi connectivity index (χ0) is 24.9. The van der Waals surface area contributed by atoms with E-state index in [4.69, 9.17) is 19.2 Å². The molecule has 6 rings (SSSR count).